The third kappa shape index (κ3) is 3.41. The zero-order valence-corrected chi connectivity index (χ0v) is 15.1. The Morgan fingerprint density at radius 3 is 2.77 bits per heavy atom. The topological polar surface area (TPSA) is 87.5 Å². The number of aryl methyl sites for hydroxylation is 1. The summed E-state index contributed by atoms with van der Waals surface area (Å²) in [4.78, 5) is 12.1. The van der Waals surface area contributed by atoms with Crippen LogP contribution in [0.25, 0.3) is 0 Å². The molecule has 134 valence electrons. The van der Waals surface area contributed by atoms with E-state index in [2.05, 4.69) is 0 Å². The second-order valence-corrected chi connectivity index (χ2v) is 7.88. The molecule has 0 aromatic heterocycles. The molecule has 0 fully saturated rings. The van der Waals surface area contributed by atoms with Gasteiger partial charge in [0.25, 0.3) is 10.0 Å². The summed E-state index contributed by atoms with van der Waals surface area (Å²) in [5.41, 5.74) is 1.75. The highest BCUT2D eigenvalue weighted by atomic mass is 32.2. The monoisotopic (exact) mass is 370 g/mol. The van der Waals surface area contributed by atoms with E-state index >= 15 is 0 Å². The molecule has 1 aliphatic heterocycles. The van der Waals surface area contributed by atoms with Gasteiger partial charge >= 0.3 is 5.97 Å². The van der Waals surface area contributed by atoms with Crippen LogP contribution < -0.4 is 4.31 Å². The lowest BCUT2D eigenvalue weighted by atomic mass is 10.0. The molecule has 2 aromatic rings. The van der Waals surface area contributed by atoms with E-state index in [4.69, 9.17) is 10.00 Å². The molecule has 2 aromatic carbocycles. The summed E-state index contributed by atoms with van der Waals surface area (Å²) in [5, 5.41) is 8.75. The molecule has 3 rings (SSSR count). The van der Waals surface area contributed by atoms with E-state index in [1.54, 1.807) is 12.1 Å². The molecule has 1 aliphatic rings. The van der Waals surface area contributed by atoms with E-state index < -0.39 is 22.1 Å². The number of para-hydroxylation sites is 1. The van der Waals surface area contributed by atoms with Gasteiger partial charge in [0.05, 0.1) is 16.1 Å². The summed E-state index contributed by atoms with van der Waals surface area (Å²) in [6.45, 7) is 1.84. The van der Waals surface area contributed by atoms with Crippen molar-refractivity contribution in [2.24, 2.45) is 0 Å². The number of rotatable bonds is 4. The van der Waals surface area contributed by atoms with Crippen LogP contribution in [0.5, 0.6) is 0 Å². The first-order valence-corrected chi connectivity index (χ1v) is 9.69. The van der Waals surface area contributed by atoms with Crippen LogP contribution in [0.1, 0.15) is 29.3 Å². The van der Waals surface area contributed by atoms with Crippen molar-refractivity contribution in [2.45, 2.75) is 30.8 Å². The average Bonchev–Trinajstić information content (AvgIpc) is 2.67. The Bertz CT molecular complexity index is 979. The predicted octanol–water partition coefficient (Wildman–Crippen LogP) is 2.90. The van der Waals surface area contributed by atoms with Crippen LogP contribution in [-0.4, -0.2) is 27.0 Å². The van der Waals surface area contributed by atoms with Crippen molar-refractivity contribution in [3.63, 3.8) is 0 Å². The molecular weight excluding hydrogens is 352 g/mol. The smallest absolute Gasteiger partial charge is 0.339 e. The Morgan fingerprint density at radius 2 is 2.00 bits per heavy atom. The second kappa shape index (κ2) is 7.18. The number of nitrogens with zero attached hydrogens (tertiary/aromatic N) is 2. The lowest BCUT2D eigenvalue weighted by molar-refractivity contribution is 0.0435. The maximum absolute atomic E-state index is 13.1. The number of benzene rings is 2. The number of hydrogen-bond acceptors (Lipinski definition) is 5. The number of ether oxygens (including phenoxy) is 1. The average molecular weight is 370 g/mol. The van der Waals surface area contributed by atoms with E-state index in [0.717, 1.165) is 18.4 Å². The molecular formula is C19H18N2O4S. The molecule has 6 nitrogen and oxygen atoms in total. The van der Waals surface area contributed by atoms with Gasteiger partial charge in [0.1, 0.15) is 6.07 Å². The van der Waals surface area contributed by atoms with Gasteiger partial charge in [-0.1, -0.05) is 24.3 Å². The van der Waals surface area contributed by atoms with Crippen LogP contribution in [0.2, 0.25) is 0 Å². The molecule has 0 N–H and O–H groups in total. The Labute approximate surface area is 152 Å². The lowest BCUT2D eigenvalue weighted by Crippen LogP contribution is -2.35. The molecule has 1 heterocycles. The highest BCUT2D eigenvalue weighted by Gasteiger charge is 2.29. The zero-order valence-electron chi connectivity index (χ0n) is 14.3. The standard InChI is InChI=1S/C19H18N2O4S/c1-14(13-20)25-19(22)16-7-4-9-17(12-16)26(23,24)21-11-5-8-15-6-2-3-10-18(15)21/h2-4,6-7,9-10,12,14H,5,8,11H2,1H3. The largest absolute Gasteiger partial charge is 0.444 e. The van der Waals surface area contributed by atoms with Gasteiger partial charge in [0.15, 0.2) is 6.10 Å². The third-order valence-electron chi connectivity index (χ3n) is 4.19. The van der Waals surface area contributed by atoms with E-state index in [0.29, 0.717) is 12.2 Å². The summed E-state index contributed by atoms with van der Waals surface area (Å²) in [5.74, 6) is -0.727. The van der Waals surface area contributed by atoms with Crippen molar-refractivity contribution in [3.8, 4) is 6.07 Å². The highest BCUT2D eigenvalue weighted by Crippen LogP contribution is 2.31. The van der Waals surface area contributed by atoms with Gasteiger partial charge in [-0.15, -0.1) is 0 Å². The van der Waals surface area contributed by atoms with Crippen molar-refractivity contribution in [3.05, 3.63) is 59.7 Å². The number of hydrogen-bond donors (Lipinski definition) is 0. The van der Waals surface area contributed by atoms with Crippen molar-refractivity contribution < 1.29 is 17.9 Å². The quantitative estimate of drug-likeness (QED) is 0.772. The molecule has 0 saturated heterocycles. The lowest BCUT2D eigenvalue weighted by Gasteiger charge is -2.30. The number of anilines is 1. The fraction of sp³-hybridized carbons (Fsp3) is 0.263. The highest BCUT2D eigenvalue weighted by molar-refractivity contribution is 7.92. The van der Waals surface area contributed by atoms with Gasteiger partial charge in [0.2, 0.25) is 0 Å². The predicted molar refractivity (Wildman–Crippen MR) is 96.2 cm³/mol. The normalized spacial score (nSPS) is 14.8. The van der Waals surface area contributed by atoms with Gasteiger partial charge < -0.3 is 4.74 Å². The van der Waals surface area contributed by atoms with Gasteiger partial charge in [-0.05, 0) is 49.6 Å². The summed E-state index contributed by atoms with van der Waals surface area (Å²) in [7, 11) is -3.80. The molecule has 7 heteroatoms. The zero-order chi connectivity index (χ0) is 18.7. The maximum Gasteiger partial charge on any atom is 0.339 e. The Hall–Kier alpha value is -2.85. The van der Waals surface area contributed by atoms with E-state index in [1.165, 1.54) is 35.5 Å². The minimum absolute atomic E-state index is 0.0215. The molecule has 0 saturated carbocycles. The van der Waals surface area contributed by atoms with Crippen molar-refractivity contribution in [2.75, 3.05) is 10.8 Å². The minimum atomic E-state index is -3.80. The summed E-state index contributed by atoms with van der Waals surface area (Å²) in [6, 6.07) is 14.9. The Kier molecular flexibility index (Phi) is 4.96. The first kappa shape index (κ1) is 18.0. The Morgan fingerprint density at radius 1 is 1.23 bits per heavy atom. The molecule has 0 amide bonds. The maximum atomic E-state index is 13.1. The van der Waals surface area contributed by atoms with E-state index in [-0.39, 0.29) is 10.5 Å². The first-order chi connectivity index (χ1) is 12.4. The fourth-order valence-corrected chi connectivity index (χ4v) is 4.50. The van der Waals surface area contributed by atoms with E-state index in [1.807, 2.05) is 18.2 Å². The van der Waals surface area contributed by atoms with Gasteiger partial charge in [-0.25, -0.2) is 13.2 Å². The van der Waals surface area contributed by atoms with Crippen molar-refractivity contribution in [1.29, 1.82) is 5.26 Å². The first-order valence-electron chi connectivity index (χ1n) is 8.25. The third-order valence-corrected chi connectivity index (χ3v) is 6.00. The van der Waals surface area contributed by atoms with Crippen LogP contribution in [0.4, 0.5) is 5.69 Å². The molecule has 0 spiro atoms. The second-order valence-electron chi connectivity index (χ2n) is 6.01. The molecule has 0 aliphatic carbocycles. The molecule has 26 heavy (non-hydrogen) atoms. The van der Waals surface area contributed by atoms with Crippen LogP contribution in [-0.2, 0) is 21.2 Å². The van der Waals surface area contributed by atoms with Crippen LogP contribution in [0, 0.1) is 11.3 Å². The van der Waals surface area contributed by atoms with Crippen LogP contribution in [0.3, 0.4) is 0 Å². The summed E-state index contributed by atoms with van der Waals surface area (Å²) >= 11 is 0. The van der Waals surface area contributed by atoms with Crippen LogP contribution >= 0.6 is 0 Å². The summed E-state index contributed by atoms with van der Waals surface area (Å²) in [6.07, 6.45) is 0.662. The molecule has 0 bridgehead atoms. The van der Waals surface area contributed by atoms with E-state index in [9.17, 15) is 13.2 Å². The fourth-order valence-electron chi connectivity index (χ4n) is 2.91. The van der Waals surface area contributed by atoms with Crippen molar-refractivity contribution >= 4 is 21.7 Å². The van der Waals surface area contributed by atoms with Gasteiger partial charge in [-0.3, -0.25) is 4.31 Å². The molecule has 0 radical (unpaired) electrons. The number of carbonyl (C=O) groups is 1. The summed E-state index contributed by atoms with van der Waals surface area (Å²) < 4.78 is 32.6. The van der Waals surface area contributed by atoms with Gasteiger partial charge in [0, 0.05) is 6.54 Å². The Balaban J connectivity index is 1.96. The number of fused-ring (bicyclic) bond motifs is 1. The number of nitriles is 1. The number of carbonyl (C=O) groups excluding carboxylic acids is 1. The van der Waals surface area contributed by atoms with Crippen molar-refractivity contribution in [1.82, 2.24) is 0 Å². The van der Waals surface area contributed by atoms with Gasteiger partial charge in [-0.2, -0.15) is 5.26 Å². The minimum Gasteiger partial charge on any atom is -0.444 e. The SMILES string of the molecule is CC(C#N)OC(=O)c1cccc(S(=O)(=O)N2CCCc3ccccc32)c1. The molecule has 1 unspecified atom stereocenters. The molecule has 1 atom stereocenters. The number of sulfonamides is 1. The van der Waals surface area contributed by atoms with Crippen LogP contribution in [0.15, 0.2) is 53.4 Å². The number of esters is 1.